The van der Waals surface area contributed by atoms with Crippen molar-refractivity contribution in [1.82, 2.24) is 9.88 Å². The Bertz CT molecular complexity index is 1010. The van der Waals surface area contributed by atoms with E-state index in [9.17, 15) is 10.1 Å². The van der Waals surface area contributed by atoms with E-state index in [-0.39, 0.29) is 5.91 Å². The third-order valence-corrected chi connectivity index (χ3v) is 4.95. The van der Waals surface area contributed by atoms with Gasteiger partial charge in [-0.1, -0.05) is 36.4 Å². The van der Waals surface area contributed by atoms with Gasteiger partial charge in [0.05, 0.1) is 5.52 Å². The van der Waals surface area contributed by atoms with Crippen LogP contribution in [-0.2, 0) is 0 Å². The van der Waals surface area contributed by atoms with Gasteiger partial charge in [-0.3, -0.25) is 4.79 Å². The highest BCUT2D eigenvalue weighted by atomic mass is 16.2. The van der Waals surface area contributed by atoms with Gasteiger partial charge >= 0.3 is 0 Å². The van der Waals surface area contributed by atoms with Gasteiger partial charge < -0.3 is 9.80 Å². The molecule has 0 spiro atoms. The number of nitrogens with zero attached hydrogens (tertiary/aromatic N) is 4. The topological polar surface area (TPSA) is 60.2 Å². The zero-order valence-corrected chi connectivity index (χ0v) is 15.0. The van der Waals surface area contributed by atoms with Gasteiger partial charge in [-0.2, -0.15) is 5.26 Å². The first-order valence-corrected chi connectivity index (χ1v) is 9.15. The molecule has 1 amide bonds. The molecule has 2 aromatic carbocycles. The lowest BCUT2D eigenvalue weighted by atomic mass is 10.1. The Morgan fingerprint density at radius 3 is 2.56 bits per heavy atom. The number of fused-ring (bicyclic) bond motifs is 1. The maximum atomic E-state index is 12.8. The summed E-state index contributed by atoms with van der Waals surface area (Å²) in [7, 11) is 0. The third kappa shape index (κ3) is 3.47. The fraction of sp³-hybridized carbons (Fsp3) is 0.227. The van der Waals surface area contributed by atoms with Gasteiger partial charge in [-0.05, 0) is 30.7 Å². The van der Waals surface area contributed by atoms with Crippen molar-refractivity contribution < 1.29 is 4.79 Å². The predicted molar refractivity (Wildman–Crippen MR) is 106 cm³/mol. The number of para-hydroxylation sites is 1. The molecule has 134 valence electrons. The number of hydrogen-bond donors (Lipinski definition) is 0. The van der Waals surface area contributed by atoms with E-state index in [1.165, 1.54) is 0 Å². The van der Waals surface area contributed by atoms with Crippen LogP contribution in [0.3, 0.4) is 0 Å². The number of benzene rings is 2. The molecule has 0 atom stereocenters. The maximum Gasteiger partial charge on any atom is 0.253 e. The Hall–Kier alpha value is -3.39. The van der Waals surface area contributed by atoms with Crippen molar-refractivity contribution in [3.05, 3.63) is 71.9 Å². The van der Waals surface area contributed by atoms with Gasteiger partial charge in [0.25, 0.3) is 5.91 Å². The summed E-state index contributed by atoms with van der Waals surface area (Å²) < 4.78 is 0. The predicted octanol–water partition coefficient (Wildman–Crippen LogP) is 3.46. The molecule has 5 nitrogen and oxygen atoms in total. The van der Waals surface area contributed by atoms with Gasteiger partial charge in [0.1, 0.15) is 11.8 Å². The minimum absolute atomic E-state index is 0.0785. The minimum Gasteiger partial charge on any atom is -0.369 e. The zero-order valence-electron chi connectivity index (χ0n) is 15.0. The summed E-state index contributed by atoms with van der Waals surface area (Å²) in [5, 5.41) is 10.4. The van der Waals surface area contributed by atoms with Crippen LogP contribution in [0.4, 0.5) is 5.69 Å². The Balaban J connectivity index is 1.60. The fourth-order valence-corrected chi connectivity index (χ4v) is 3.60. The van der Waals surface area contributed by atoms with Crippen LogP contribution < -0.4 is 4.90 Å². The van der Waals surface area contributed by atoms with Crippen molar-refractivity contribution in [2.24, 2.45) is 0 Å². The van der Waals surface area contributed by atoms with Crippen molar-refractivity contribution in [3.63, 3.8) is 0 Å². The first kappa shape index (κ1) is 17.0. The Morgan fingerprint density at radius 2 is 1.74 bits per heavy atom. The lowest BCUT2D eigenvalue weighted by Crippen LogP contribution is -2.35. The molecule has 27 heavy (non-hydrogen) atoms. The second kappa shape index (κ2) is 7.46. The van der Waals surface area contributed by atoms with E-state index in [1.54, 1.807) is 0 Å². The number of pyridine rings is 1. The number of hydrogen-bond acceptors (Lipinski definition) is 4. The zero-order chi connectivity index (χ0) is 18.6. The SMILES string of the molecule is N#Cc1cc(N2CCCN(C(=O)c3ccccc3)CC2)c2ccccc2n1. The summed E-state index contributed by atoms with van der Waals surface area (Å²) in [6, 6.07) is 21.3. The average Bonchev–Trinajstić information content (AvgIpc) is 2.99. The second-order valence-electron chi connectivity index (χ2n) is 6.65. The Labute approximate surface area is 158 Å². The summed E-state index contributed by atoms with van der Waals surface area (Å²) >= 11 is 0. The lowest BCUT2D eigenvalue weighted by Gasteiger charge is -2.25. The van der Waals surface area contributed by atoms with Crippen LogP contribution in [0, 0.1) is 11.3 Å². The average molecular weight is 356 g/mol. The number of carbonyl (C=O) groups excluding carboxylic acids is 1. The molecule has 1 fully saturated rings. The Morgan fingerprint density at radius 1 is 0.963 bits per heavy atom. The van der Waals surface area contributed by atoms with Crippen LogP contribution in [0.5, 0.6) is 0 Å². The standard InChI is InChI=1S/C22H20N4O/c23-16-18-15-21(19-9-4-5-10-20(19)24-18)25-11-6-12-26(14-13-25)22(27)17-7-2-1-3-8-17/h1-5,7-10,15H,6,11-14H2. The quantitative estimate of drug-likeness (QED) is 0.705. The van der Waals surface area contributed by atoms with Crippen molar-refractivity contribution >= 4 is 22.5 Å². The summed E-state index contributed by atoms with van der Waals surface area (Å²) in [5.41, 5.74) is 3.00. The molecule has 0 saturated carbocycles. The molecule has 0 bridgehead atoms. The third-order valence-electron chi connectivity index (χ3n) is 4.95. The molecule has 2 heterocycles. The van der Waals surface area contributed by atoms with Crippen LogP contribution in [0.25, 0.3) is 10.9 Å². The molecule has 0 aliphatic carbocycles. The van der Waals surface area contributed by atoms with E-state index in [0.29, 0.717) is 12.2 Å². The maximum absolute atomic E-state index is 12.8. The molecule has 1 saturated heterocycles. The van der Waals surface area contributed by atoms with Gasteiger partial charge in [-0.15, -0.1) is 0 Å². The smallest absolute Gasteiger partial charge is 0.253 e. The molecule has 0 radical (unpaired) electrons. The van der Waals surface area contributed by atoms with Crippen LogP contribution in [0.15, 0.2) is 60.7 Å². The lowest BCUT2D eigenvalue weighted by molar-refractivity contribution is 0.0767. The summed E-state index contributed by atoms with van der Waals surface area (Å²) in [6.45, 7) is 2.97. The largest absolute Gasteiger partial charge is 0.369 e. The number of anilines is 1. The number of amides is 1. The molecule has 1 aliphatic heterocycles. The summed E-state index contributed by atoms with van der Waals surface area (Å²) in [5.74, 6) is 0.0785. The van der Waals surface area contributed by atoms with E-state index >= 15 is 0 Å². The highest BCUT2D eigenvalue weighted by Crippen LogP contribution is 2.27. The van der Waals surface area contributed by atoms with Crippen LogP contribution in [-0.4, -0.2) is 42.0 Å². The highest BCUT2D eigenvalue weighted by Gasteiger charge is 2.21. The molecule has 1 aromatic heterocycles. The molecular formula is C22H20N4O. The fourth-order valence-electron chi connectivity index (χ4n) is 3.60. The number of nitriles is 1. The van der Waals surface area contributed by atoms with Gasteiger partial charge in [-0.25, -0.2) is 4.98 Å². The van der Waals surface area contributed by atoms with Crippen molar-refractivity contribution in [2.45, 2.75) is 6.42 Å². The van der Waals surface area contributed by atoms with Crippen molar-refractivity contribution in [3.8, 4) is 6.07 Å². The van der Waals surface area contributed by atoms with Crippen LogP contribution in [0.1, 0.15) is 22.5 Å². The van der Waals surface area contributed by atoms with E-state index < -0.39 is 0 Å². The van der Waals surface area contributed by atoms with Gasteiger partial charge in [0, 0.05) is 42.8 Å². The first-order valence-electron chi connectivity index (χ1n) is 9.15. The number of carbonyl (C=O) groups is 1. The van der Waals surface area contributed by atoms with Crippen LogP contribution >= 0.6 is 0 Å². The molecule has 0 N–H and O–H groups in total. The van der Waals surface area contributed by atoms with E-state index in [2.05, 4.69) is 16.0 Å². The first-order chi connectivity index (χ1) is 13.3. The van der Waals surface area contributed by atoms with Crippen LogP contribution in [0.2, 0.25) is 0 Å². The summed E-state index contributed by atoms with van der Waals surface area (Å²) in [4.78, 5) is 21.4. The van der Waals surface area contributed by atoms with Crippen molar-refractivity contribution in [1.29, 1.82) is 5.26 Å². The molecule has 4 rings (SSSR count). The molecule has 1 aliphatic rings. The molecular weight excluding hydrogens is 336 g/mol. The monoisotopic (exact) mass is 356 g/mol. The minimum atomic E-state index is 0.0785. The number of rotatable bonds is 2. The molecule has 0 unspecified atom stereocenters. The summed E-state index contributed by atoms with van der Waals surface area (Å²) in [6.07, 6.45) is 0.886. The molecule has 3 aromatic rings. The molecule has 5 heteroatoms. The second-order valence-corrected chi connectivity index (χ2v) is 6.65. The normalized spacial score (nSPS) is 14.6. The van der Waals surface area contributed by atoms with E-state index in [1.807, 2.05) is 65.6 Å². The van der Waals surface area contributed by atoms with Gasteiger partial charge in [0.15, 0.2) is 0 Å². The van der Waals surface area contributed by atoms with Gasteiger partial charge in [0.2, 0.25) is 0 Å². The highest BCUT2D eigenvalue weighted by molar-refractivity contribution is 5.94. The Kier molecular flexibility index (Phi) is 4.71. The van der Waals surface area contributed by atoms with E-state index in [4.69, 9.17) is 0 Å². The van der Waals surface area contributed by atoms with E-state index in [0.717, 1.165) is 48.2 Å². The number of aromatic nitrogens is 1. The van der Waals surface area contributed by atoms with Crippen molar-refractivity contribution in [2.75, 3.05) is 31.1 Å².